The van der Waals surface area contributed by atoms with Crippen LogP contribution < -0.4 is 10.6 Å². The maximum absolute atomic E-state index is 13.3. The van der Waals surface area contributed by atoms with Gasteiger partial charge in [0.1, 0.15) is 6.04 Å². The summed E-state index contributed by atoms with van der Waals surface area (Å²) in [5.41, 5.74) is 2.80. The van der Waals surface area contributed by atoms with Crippen LogP contribution in [0.15, 0.2) is 18.2 Å². The third-order valence-corrected chi connectivity index (χ3v) is 7.75. The zero-order valence-electron chi connectivity index (χ0n) is 19.4. The highest BCUT2D eigenvalue weighted by molar-refractivity contribution is 6.05. The molecule has 2 N–H and O–H groups in total. The Morgan fingerprint density at radius 2 is 1.82 bits per heavy atom. The van der Waals surface area contributed by atoms with E-state index in [-0.39, 0.29) is 24.1 Å². The highest BCUT2D eigenvalue weighted by Gasteiger charge is 2.40. The molecule has 0 aliphatic carbocycles. The van der Waals surface area contributed by atoms with Crippen molar-refractivity contribution in [3.05, 3.63) is 34.9 Å². The highest BCUT2D eigenvalue weighted by Crippen LogP contribution is 2.30. The lowest BCUT2D eigenvalue weighted by atomic mass is 9.96. The van der Waals surface area contributed by atoms with Crippen molar-refractivity contribution < 1.29 is 14.4 Å². The minimum atomic E-state index is -0.557. The molecule has 178 valence electrons. The summed E-state index contributed by atoms with van der Waals surface area (Å²) in [5.74, 6) is 0.140. The van der Waals surface area contributed by atoms with Crippen LogP contribution in [0.25, 0.3) is 0 Å². The van der Waals surface area contributed by atoms with Crippen LogP contribution in [0, 0.1) is 5.92 Å². The van der Waals surface area contributed by atoms with E-state index in [1.165, 1.54) is 38.9 Å². The van der Waals surface area contributed by atoms with Crippen LogP contribution in [-0.2, 0) is 22.7 Å². The Kier molecular flexibility index (Phi) is 6.76. The summed E-state index contributed by atoms with van der Waals surface area (Å²) in [6.45, 7) is 8.90. The van der Waals surface area contributed by atoms with Crippen LogP contribution in [-0.4, -0.2) is 84.3 Å². The predicted molar refractivity (Wildman–Crippen MR) is 124 cm³/mol. The first kappa shape index (κ1) is 22.5. The minimum absolute atomic E-state index is 0.0742. The van der Waals surface area contributed by atoms with Gasteiger partial charge in [0, 0.05) is 51.3 Å². The Morgan fingerprint density at radius 1 is 1.00 bits per heavy atom. The minimum Gasteiger partial charge on any atom is -0.322 e. The molecule has 8 heteroatoms. The van der Waals surface area contributed by atoms with Crippen molar-refractivity contribution in [3.8, 4) is 0 Å². The summed E-state index contributed by atoms with van der Waals surface area (Å²) in [5, 5.41) is 5.90. The van der Waals surface area contributed by atoms with Crippen LogP contribution in [0.3, 0.4) is 0 Å². The Hall–Kier alpha value is -2.29. The summed E-state index contributed by atoms with van der Waals surface area (Å²) in [4.78, 5) is 43.8. The molecular weight excluding hydrogens is 418 g/mol. The van der Waals surface area contributed by atoms with Crippen molar-refractivity contribution in [2.45, 2.75) is 51.2 Å². The fourth-order valence-corrected chi connectivity index (χ4v) is 5.77. The monoisotopic (exact) mass is 453 g/mol. The maximum atomic E-state index is 13.3. The fourth-order valence-electron chi connectivity index (χ4n) is 5.77. The molecule has 1 aromatic rings. The van der Waals surface area contributed by atoms with Gasteiger partial charge in [-0.1, -0.05) is 18.2 Å². The van der Waals surface area contributed by atoms with Crippen molar-refractivity contribution in [2.24, 2.45) is 5.92 Å². The van der Waals surface area contributed by atoms with Crippen LogP contribution in [0.5, 0.6) is 0 Å². The number of carbonyl (C=O) groups excluding carboxylic acids is 3. The summed E-state index contributed by atoms with van der Waals surface area (Å²) < 4.78 is 0. The van der Waals surface area contributed by atoms with Crippen molar-refractivity contribution >= 4 is 17.7 Å². The van der Waals surface area contributed by atoms with Gasteiger partial charge in [0.05, 0.1) is 0 Å². The lowest BCUT2D eigenvalue weighted by Gasteiger charge is -2.36. The number of hydrogen-bond acceptors (Lipinski definition) is 6. The number of piperazine rings is 1. The van der Waals surface area contributed by atoms with Crippen molar-refractivity contribution in [3.63, 3.8) is 0 Å². The number of hydrogen-bond donors (Lipinski definition) is 2. The Balaban J connectivity index is 1.16. The largest absolute Gasteiger partial charge is 0.322 e. The molecular formula is C25H35N5O3. The Labute approximate surface area is 195 Å². The van der Waals surface area contributed by atoms with E-state index in [1.807, 2.05) is 18.2 Å². The number of nitrogens with zero attached hydrogens (tertiary/aromatic N) is 3. The molecule has 0 radical (unpaired) electrons. The molecule has 0 spiro atoms. The molecule has 4 aliphatic heterocycles. The molecule has 1 aromatic carbocycles. The van der Waals surface area contributed by atoms with Crippen molar-refractivity contribution in [1.29, 1.82) is 0 Å². The lowest BCUT2D eigenvalue weighted by molar-refractivity contribution is -0.136. The number of carbonyl (C=O) groups is 3. The van der Waals surface area contributed by atoms with Crippen LogP contribution in [0.2, 0.25) is 0 Å². The second kappa shape index (κ2) is 9.91. The molecule has 8 nitrogen and oxygen atoms in total. The van der Waals surface area contributed by atoms with Gasteiger partial charge in [-0.3, -0.25) is 24.6 Å². The van der Waals surface area contributed by atoms with Gasteiger partial charge in [0.15, 0.2) is 0 Å². The first-order valence-electron chi connectivity index (χ1n) is 12.5. The van der Waals surface area contributed by atoms with Gasteiger partial charge in [-0.2, -0.15) is 0 Å². The number of benzene rings is 1. The van der Waals surface area contributed by atoms with Crippen molar-refractivity contribution in [2.75, 3.05) is 45.8 Å². The van der Waals surface area contributed by atoms with Gasteiger partial charge >= 0.3 is 0 Å². The second-order valence-corrected chi connectivity index (χ2v) is 9.97. The number of amides is 3. The zero-order chi connectivity index (χ0) is 22.8. The molecule has 2 unspecified atom stereocenters. The van der Waals surface area contributed by atoms with E-state index >= 15 is 0 Å². The number of imide groups is 1. The van der Waals surface area contributed by atoms with Gasteiger partial charge in [0.2, 0.25) is 11.8 Å². The summed E-state index contributed by atoms with van der Waals surface area (Å²) >= 11 is 0. The topological polar surface area (TPSA) is 85.0 Å². The van der Waals surface area contributed by atoms with Crippen LogP contribution in [0.1, 0.15) is 53.6 Å². The van der Waals surface area contributed by atoms with E-state index in [1.54, 1.807) is 4.90 Å². The Bertz CT molecular complexity index is 905. The molecule has 3 amide bonds. The standard InChI is InChI=1S/C25H35N5O3/c31-22-7-6-21(24(32)27-22)30-17-20-5-1-4-19(23(20)25(30)33)16-29-13-11-28(12-14-29)10-8-18-3-2-9-26-15-18/h1,4-5,18,21,26H,2-3,6-17H2,(H,27,31,32). The molecule has 5 rings (SSSR count). The first-order chi connectivity index (χ1) is 16.1. The van der Waals surface area contributed by atoms with E-state index in [4.69, 9.17) is 0 Å². The smallest absolute Gasteiger partial charge is 0.255 e. The van der Waals surface area contributed by atoms with E-state index in [0.717, 1.165) is 55.3 Å². The molecule has 4 heterocycles. The van der Waals surface area contributed by atoms with Crippen LogP contribution >= 0.6 is 0 Å². The molecule has 0 saturated carbocycles. The summed E-state index contributed by atoms with van der Waals surface area (Å²) in [7, 11) is 0. The average Bonchev–Trinajstić information content (AvgIpc) is 3.16. The van der Waals surface area contributed by atoms with E-state index < -0.39 is 6.04 Å². The zero-order valence-corrected chi connectivity index (χ0v) is 19.4. The SMILES string of the molecule is O=C1CCC(N2Cc3cccc(CN4CCN(CCC5CCCNC5)CC4)c3C2=O)C(=O)N1. The van der Waals surface area contributed by atoms with Gasteiger partial charge in [-0.25, -0.2) is 0 Å². The lowest BCUT2D eigenvalue weighted by Crippen LogP contribution is -2.52. The van der Waals surface area contributed by atoms with Gasteiger partial charge in [0.25, 0.3) is 5.91 Å². The molecule has 33 heavy (non-hydrogen) atoms. The number of piperidine rings is 2. The van der Waals surface area contributed by atoms with Gasteiger partial charge in [-0.15, -0.1) is 0 Å². The number of rotatable bonds is 6. The third-order valence-electron chi connectivity index (χ3n) is 7.75. The molecule has 0 aromatic heterocycles. The van der Waals surface area contributed by atoms with Gasteiger partial charge in [-0.05, 0) is 62.4 Å². The maximum Gasteiger partial charge on any atom is 0.255 e. The third kappa shape index (κ3) is 4.98. The first-order valence-corrected chi connectivity index (χ1v) is 12.5. The predicted octanol–water partition coefficient (Wildman–Crippen LogP) is 0.955. The van der Waals surface area contributed by atoms with E-state index in [9.17, 15) is 14.4 Å². The van der Waals surface area contributed by atoms with E-state index in [0.29, 0.717) is 13.0 Å². The summed E-state index contributed by atoms with van der Waals surface area (Å²) in [6.07, 6.45) is 4.63. The normalized spacial score (nSPS) is 27.0. The number of fused-ring (bicyclic) bond motifs is 1. The highest BCUT2D eigenvalue weighted by atomic mass is 16.2. The molecule has 3 fully saturated rings. The summed E-state index contributed by atoms with van der Waals surface area (Å²) in [6, 6.07) is 5.50. The molecule has 0 bridgehead atoms. The quantitative estimate of drug-likeness (QED) is 0.624. The second-order valence-electron chi connectivity index (χ2n) is 9.97. The fraction of sp³-hybridized carbons (Fsp3) is 0.640. The average molecular weight is 454 g/mol. The number of nitrogens with one attached hydrogen (secondary N) is 2. The Morgan fingerprint density at radius 3 is 2.58 bits per heavy atom. The molecule has 4 aliphatic rings. The van der Waals surface area contributed by atoms with Crippen LogP contribution in [0.4, 0.5) is 0 Å². The van der Waals surface area contributed by atoms with E-state index in [2.05, 4.69) is 20.4 Å². The molecule has 2 atom stereocenters. The van der Waals surface area contributed by atoms with Gasteiger partial charge < -0.3 is 15.1 Å². The molecule has 3 saturated heterocycles. The van der Waals surface area contributed by atoms with Crippen molar-refractivity contribution in [1.82, 2.24) is 25.3 Å².